The molecule has 6 heteroatoms. The van der Waals surface area contributed by atoms with Crippen molar-refractivity contribution in [2.45, 2.75) is 20.8 Å². The Morgan fingerprint density at radius 1 is 0.931 bits per heavy atom. The first kappa shape index (κ1) is 18.6. The minimum atomic E-state index is -0.646. The van der Waals surface area contributed by atoms with Crippen LogP contribution < -0.4 is 0 Å². The van der Waals surface area contributed by atoms with Crippen LogP contribution in [-0.2, 0) is 0 Å². The van der Waals surface area contributed by atoms with Gasteiger partial charge >= 0.3 is 0 Å². The number of benzene rings is 2. The van der Waals surface area contributed by atoms with Gasteiger partial charge in [0.15, 0.2) is 0 Å². The van der Waals surface area contributed by atoms with E-state index in [-0.39, 0.29) is 0 Å². The predicted molar refractivity (Wildman–Crippen MR) is 106 cm³/mol. The Kier molecular flexibility index (Phi) is 4.73. The zero-order chi connectivity index (χ0) is 20.5. The summed E-state index contributed by atoms with van der Waals surface area (Å²) >= 11 is 0. The molecule has 0 aliphatic heterocycles. The third-order valence-corrected chi connectivity index (χ3v) is 4.60. The molecule has 0 amide bonds. The standard InChI is InChI=1S/C23H17F2N3O/c1-14-22(26-16(3)28(14)20-12-18(24)11-19(25)13-20)10-9-21-15(2)29-27-23(21)17-7-5-4-6-8-17/h4-8,11-13H,1-3H3. The van der Waals surface area contributed by atoms with Crippen molar-refractivity contribution in [2.75, 3.05) is 0 Å². The molecular formula is C23H17F2N3O. The summed E-state index contributed by atoms with van der Waals surface area (Å²) in [6.45, 7) is 5.38. The maximum Gasteiger partial charge on any atom is 0.149 e. The summed E-state index contributed by atoms with van der Waals surface area (Å²) in [5.41, 5.74) is 3.82. The van der Waals surface area contributed by atoms with Crippen molar-refractivity contribution in [1.29, 1.82) is 0 Å². The van der Waals surface area contributed by atoms with Crippen LogP contribution in [-0.4, -0.2) is 14.7 Å². The summed E-state index contributed by atoms with van der Waals surface area (Å²) in [7, 11) is 0. The first-order valence-corrected chi connectivity index (χ1v) is 9.00. The van der Waals surface area contributed by atoms with E-state index in [1.165, 1.54) is 12.1 Å². The smallest absolute Gasteiger partial charge is 0.149 e. The minimum Gasteiger partial charge on any atom is -0.360 e. The number of imidazole rings is 1. The predicted octanol–water partition coefficient (Wildman–Crippen LogP) is 5.13. The van der Waals surface area contributed by atoms with Gasteiger partial charge in [-0.1, -0.05) is 41.4 Å². The SMILES string of the molecule is Cc1onc(-c2ccccc2)c1C#Cc1nc(C)n(-c2cc(F)cc(F)c2)c1C. The second kappa shape index (κ2) is 7.36. The average molecular weight is 389 g/mol. The van der Waals surface area contributed by atoms with Crippen molar-refractivity contribution in [3.8, 4) is 28.8 Å². The highest BCUT2D eigenvalue weighted by molar-refractivity contribution is 5.68. The molecule has 0 radical (unpaired) electrons. The number of hydrogen-bond donors (Lipinski definition) is 0. The number of rotatable bonds is 2. The van der Waals surface area contributed by atoms with Gasteiger partial charge in [-0.25, -0.2) is 13.8 Å². The van der Waals surface area contributed by atoms with Crippen LogP contribution in [0.2, 0.25) is 0 Å². The third kappa shape index (κ3) is 3.55. The molecule has 0 saturated carbocycles. The molecule has 0 saturated heterocycles. The molecule has 0 bridgehead atoms. The average Bonchev–Trinajstić information content (AvgIpc) is 3.18. The molecule has 2 heterocycles. The lowest BCUT2D eigenvalue weighted by Gasteiger charge is -2.08. The van der Waals surface area contributed by atoms with Gasteiger partial charge in [-0.05, 0) is 38.8 Å². The summed E-state index contributed by atoms with van der Waals surface area (Å²) < 4.78 is 34.3. The number of nitrogens with zero attached hydrogens (tertiary/aromatic N) is 3. The topological polar surface area (TPSA) is 43.9 Å². The molecule has 0 N–H and O–H groups in total. The van der Waals surface area contributed by atoms with Crippen LogP contribution in [0, 0.1) is 44.2 Å². The molecule has 4 rings (SSSR count). The van der Waals surface area contributed by atoms with E-state index < -0.39 is 11.6 Å². The van der Waals surface area contributed by atoms with Crippen LogP contribution in [0.15, 0.2) is 53.1 Å². The molecule has 29 heavy (non-hydrogen) atoms. The Labute approximate surface area is 166 Å². The van der Waals surface area contributed by atoms with Gasteiger partial charge in [0.05, 0.1) is 16.9 Å². The van der Waals surface area contributed by atoms with Gasteiger partial charge in [-0.15, -0.1) is 0 Å². The fraction of sp³-hybridized carbons (Fsp3) is 0.130. The Balaban J connectivity index is 1.77. The molecule has 0 spiro atoms. The first-order chi connectivity index (χ1) is 13.9. The van der Waals surface area contributed by atoms with E-state index in [0.29, 0.717) is 39.9 Å². The lowest BCUT2D eigenvalue weighted by Crippen LogP contribution is -2.01. The van der Waals surface area contributed by atoms with Crippen molar-refractivity contribution in [3.05, 3.63) is 88.7 Å². The maximum atomic E-state index is 13.6. The summed E-state index contributed by atoms with van der Waals surface area (Å²) in [5, 5.41) is 4.12. The lowest BCUT2D eigenvalue weighted by molar-refractivity contribution is 0.399. The Hall–Kier alpha value is -3.72. The summed E-state index contributed by atoms with van der Waals surface area (Å²) in [6.07, 6.45) is 0. The monoisotopic (exact) mass is 389 g/mol. The van der Waals surface area contributed by atoms with Gasteiger partial charge in [0.2, 0.25) is 0 Å². The highest BCUT2D eigenvalue weighted by Crippen LogP contribution is 2.25. The van der Waals surface area contributed by atoms with Crippen LogP contribution in [0.25, 0.3) is 16.9 Å². The second-order valence-electron chi connectivity index (χ2n) is 6.63. The van der Waals surface area contributed by atoms with E-state index in [1.54, 1.807) is 18.4 Å². The third-order valence-electron chi connectivity index (χ3n) is 4.60. The molecule has 0 atom stereocenters. The van der Waals surface area contributed by atoms with E-state index >= 15 is 0 Å². The van der Waals surface area contributed by atoms with Gasteiger partial charge in [-0.3, -0.25) is 4.57 Å². The molecule has 144 valence electrons. The highest BCUT2D eigenvalue weighted by atomic mass is 19.1. The van der Waals surface area contributed by atoms with Gasteiger partial charge in [0, 0.05) is 11.6 Å². The van der Waals surface area contributed by atoms with Gasteiger partial charge in [0.1, 0.15) is 34.6 Å². The largest absolute Gasteiger partial charge is 0.360 e. The van der Waals surface area contributed by atoms with Crippen LogP contribution in [0.5, 0.6) is 0 Å². The summed E-state index contributed by atoms with van der Waals surface area (Å²) in [5.74, 6) is 6.06. The Bertz CT molecular complexity index is 1240. The van der Waals surface area contributed by atoms with E-state index in [9.17, 15) is 8.78 Å². The number of aryl methyl sites for hydroxylation is 2. The molecular weight excluding hydrogens is 372 g/mol. The molecule has 4 nitrogen and oxygen atoms in total. The second-order valence-corrected chi connectivity index (χ2v) is 6.63. The molecule has 0 aliphatic rings. The normalized spacial score (nSPS) is 10.7. The van der Waals surface area contributed by atoms with Crippen LogP contribution in [0.3, 0.4) is 0 Å². The van der Waals surface area contributed by atoms with Crippen molar-refractivity contribution < 1.29 is 13.3 Å². The Morgan fingerprint density at radius 2 is 1.62 bits per heavy atom. The van der Waals surface area contributed by atoms with Crippen molar-refractivity contribution in [3.63, 3.8) is 0 Å². The van der Waals surface area contributed by atoms with Crippen molar-refractivity contribution in [1.82, 2.24) is 14.7 Å². The summed E-state index contributed by atoms with van der Waals surface area (Å²) in [6, 6.07) is 13.0. The molecule has 0 aliphatic carbocycles. The summed E-state index contributed by atoms with van der Waals surface area (Å²) in [4.78, 5) is 4.47. The quantitative estimate of drug-likeness (QED) is 0.447. The minimum absolute atomic E-state index is 0.365. The van der Waals surface area contributed by atoms with Crippen LogP contribution in [0.1, 0.15) is 28.5 Å². The fourth-order valence-electron chi connectivity index (χ4n) is 3.24. The number of hydrogen-bond acceptors (Lipinski definition) is 3. The van der Waals surface area contributed by atoms with Gasteiger partial charge < -0.3 is 4.52 Å². The number of halogens is 2. The number of aromatic nitrogens is 3. The van der Waals surface area contributed by atoms with Crippen molar-refractivity contribution in [2.24, 2.45) is 0 Å². The molecule has 2 aromatic heterocycles. The van der Waals surface area contributed by atoms with Crippen LogP contribution in [0.4, 0.5) is 8.78 Å². The fourth-order valence-corrected chi connectivity index (χ4v) is 3.24. The van der Waals surface area contributed by atoms with Crippen LogP contribution >= 0.6 is 0 Å². The Morgan fingerprint density at radius 3 is 2.31 bits per heavy atom. The lowest BCUT2D eigenvalue weighted by atomic mass is 10.1. The van der Waals surface area contributed by atoms with E-state index in [0.717, 1.165) is 11.6 Å². The zero-order valence-corrected chi connectivity index (χ0v) is 16.1. The zero-order valence-electron chi connectivity index (χ0n) is 16.1. The molecule has 4 aromatic rings. The van der Waals surface area contributed by atoms with Gasteiger partial charge in [0.25, 0.3) is 0 Å². The van der Waals surface area contributed by atoms with E-state index in [4.69, 9.17) is 4.52 Å². The van der Waals surface area contributed by atoms with Gasteiger partial charge in [-0.2, -0.15) is 0 Å². The highest BCUT2D eigenvalue weighted by Gasteiger charge is 2.15. The first-order valence-electron chi connectivity index (χ1n) is 9.00. The molecule has 0 fully saturated rings. The maximum absolute atomic E-state index is 13.6. The van der Waals surface area contributed by atoms with Crippen molar-refractivity contribution >= 4 is 0 Å². The van der Waals surface area contributed by atoms with E-state index in [2.05, 4.69) is 22.0 Å². The molecule has 2 aromatic carbocycles. The van der Waals surface area contributed by atoms with E-state index in [1.807, 2.05) is 37.3 Å². The molecule has 0 unspecified atom stereocenters.